The van der Waals surface area contributed by atoms with Gasteiger partial charge in [-0.3, -0.25) is 14.5 Å². The van der Waals surface area contributed by atoms with Crippen molar-refractivity contribution in [3.63, 3.8) is 0 Å². The van der Waals surface area contributed by atoms with Gasteiger partial charge in [0.25, 0.3) is 0 Å². The van der Waals surface area contributed by atoms with E-state index in [1.165, 1.54) is 5.56 Å². The third-order valence-electron chi connectivity index (χ3n) is 6.36. The summed E-state index contributed by atoms with van der Waals surface area (Å²) in [5.74, 6) is 0.568. The van der Waals surface area contributed by atoms with Crippen LogP contribution in [0.4, 0.5) is 0 Å². The van der Waals surface area contributed by atoms with Gasteiger partial charge >= 0.3 is 0 Å². The first-order valence-electron chi connectivity index (χ1n) is 10.7. The summed E-state index contributed by atoms with van der Waals surface area (Å²) in [5.41, 5.74) is 1.26. The Morgan fingerprint density at radius 2 is 1.54 bits per heavy atom. The number of carbonyl (C=O) groups excluding carboxylic acids is 2. The predicted octanol–water partition coefficient (Wildman–Crippen LogP) is 1.75. The van der Waals surface area contributed by atoms with Crippen LogP contribution in [0.5, 0.6) is 0 Å². The highest BCUT2D eigenvalue weighted by Crippen LogP contribution is 2.26. The monoisotopic (exact) mass is 385 g/mol. The molecule has 0 N–H and O–H groups in total. The SMILES string of the molecule is O=C(C1CCN(C(=O)C2CCCN2Cc2ccccc2)CC1)N1CCOCC1. The number of morpholine rings is 1. The molecule has 1 aromatic rings. The fourth-order valence-electron chi connectivity index (χ4n) is 4.71. The van der Waals surface area contributed by atoms with E-state index < -0.39 is 0 Å². The summed E-state index contributed by atoms with van der Waals surface area (Å²) in [4.78, 5) is 32.1. The lowest BCUT2D eigenvalue weighted by molar-refractivity contribution is -0.145. The number of rotatable bonds is 4. The van der Waals surface area contributed by atoms with E-state index in [1.807, 2.05) is 15.9 Å². The molecule has 3 aliphatic rings. The molecule has 0 aliphatic carbocycles. The summed E-state index contributed by atoms with van der Waals surface area (Å²) >= 11 is 0. The molecular formula is C22H31N3O3. The van der Waals surface area contributed by atoms with Crippen molar-refractivity contribution in [1.82, 2.24) is 14.7 Å². The van der Waals surface area contributed by atoms with Crippen molar-refractivity contribution in [2.45, 2.75) is 38.3 Å². The Kier molecular flexibility index (Phi) is 6.27. The number of likely N-dealkylation sites (tertiary alicyclic amines) is 2. The van der Waals surface area contributed by atoms with Gasteiger partial charge in [-0.05, 0) is 37.8 Å². The first kappa shape index (κ1) is 19.4. The minimum Gasteiger partial charge on any atom is -0.378 e. The number of benzene rings is 1. The molecule has 1 aromatic carbocycles. The molecule has 4 rings (SSSR count). The normalized spacial score (nSPS) is 24.5. The van der Waals surface area contributed by atoms with Crippen molar-refractivity contribution < 1.29 is 14.3 Å². The molecule has 0 radical (unpaired) electrons. The first-order valence-corrected chi connectivity index (χ1v) is 10.7. The summed E-state index contributed by atoms with van der Waals surface area (Å²) in [6, 6.07) is 10.4. The largest absolute Gasteiger partial charge is 0.378 e. The maximum atomic E-state index is 13.2. The molecular weight excluding hydrogens is 354 g/mol. The van der Waals surface area contributed by atoms with Gasteiger partial charge in [0, 0.05) is 38.6 Å². The predicted molar refractivity (Wildman–Crippen MR) is 107 cm³/mol. The summed E-state index contributed by atoms with van der Waals surface area (Å²) in [5, 5.41) is 0. The highest BCUT2D eigenvalue weighted by molar-refractivity contribution is 5.83. The Labute approximate surface area is 167 Å². The van der Waals surface area contributed by atoms with E-state index >= 15 is 0 Å². The number of amides is 2. The molecule has 2 amide bonds. The zero-order valence-corrected chi connectivity index (χ0v) is 16.6. The van der Waals surface area contributed by atoms with Crippen LogP contribution in [0.15, 0.2) is 30.3 Å². The molecule has 6 nitrogen and oxygen atoms in total. The van der Waals surface area contributed by atoms with Gasteiger partial charge in [0.15, 0.2) is 0 Å². The molecule has 0 bridgehead atoms. The Balaban J connectivity index is 1.30. The van der Waals surface area contributed by atoms with Gasteiger partial charge in [-0.25, -0.2) is 0 Å². The molecule has 0 saturated carbocycles. The second kappa shape index (κ2) is 9.05. The molecule has 0 aromatic heterocycles. The minimum absolute atomic E-state index is 0.00768. The van der Waals surface area contributed by atoms with Crippen LogP contribution in [-0.2, 0) is 20.9 Å². The Bertz CT molecular complexity index is 667. The second-order valence-electron chi connectivity index (χ2n) is 8.15. The molecule has 3 heterocycles. The lowest BCUT2D eigenvalue weighted by Gasteiger charge is -2.37. The van der Waals surface area contributed by atoms with Crippen molar-refractivity contribution >= 4 is 11.8 Å². The maximum Gasteiger partial charge on any atom is 0.239 e. The molecule has 6 heteroatoms. The van der Waals surface area contributed by atoms with Gasteiger partial charge in [-0.2, -0.15) is 0 Å². The van der Waals surface area contributed by atoms with Gasteiger partial charge in [0.05, 0.1) is 19.3 Å². The summed E-state index contributed by atoms with van der Waals surface area (Å²) in [7, 11) is 0. The number of hydrogen-bond acceptors (Lipinski definition) is 4. The fourth-order valence-corrected chi connectivity index (χ4v) is 4.71. The van der Waals surface area contributed by atoms with Crippen LogP contribution < -0.4 is 0 Å². The molecule has 3 fully saturated rings. The molecule has 28 heavy (non-hydrogen) atoms. The topological polar surface area (TPSA) is 53.1 Å². The van der Waals surface area contributed by atoms with E-state index in [0.29, 0.717) is 39.4 Å². The third-order valence-corrected chi connectivity index (χ3v) is 6.36. The van der Waals surface area contributed by atoms with Gasteiger partial charge in [0.2, 0.25) is 11.8 Å². The quantitative estimate of drug-likeness (QED) is 0.792. The summed E-state index contributed by atoms with van der Waals surface area (Å²) < 4.78 is 5.34. The van der Waals surface area contributed by atoms with E-state index in [1.54, 1.807) is 0 Å². The van der Waals surface area contributed by atoms with Crippen molar-refractivity contribution in [3.8, 4) is 0 Å². The highest BCUT2D eigenvalue weighted by atomic mass is 16.5. The molecule has 1 atom stereocenters. The number of piperidine rings is 1. The van der Waals surface area contributed by atoms with E-state index in [2.05, 4.69) is 29.2 Å². The average molecular weight is 386 g/mol. The third kappa shape index (κ3) is 4.39. The van der Waals surface area contributed by atoms with Crippen molar-refractivity contribution in [3.05, 3.63) is 35.9 Å². The number of hydrogen-bond donors (Lipinski definition) is 0. The summed E-state index contributed by atoms with van der Waals surface area (Å²) in [6.07, 6.45) is 3.59. The van der Waals surface area contributed by atoms with Crippen molar-refractivity contribution in [2.24, 2.45) is 5.92 Å². The van der Waals surface area contributed by atoms with Gasteiger partial charge in [-0.1, -0.05) is 30.3 Å². The lowest BCUT2D eigenvalue weighted by atomic mass is 9.94. The smallest absolute Gasteiger partial charge is 0.239 e. The highest BCUT2D eigenvalue weighted by Gasteiger charge is 2.36. The lowest BCUT2D eigenvalue weighted by Crippen LogP contribution is -2.51. The van der Waals surface area contributed by atoms with Crippen LogP contribution in [0, 0.1) is 5.92 Å². The van der Waals surface area contributed by atoms with Crippen LogP contribution in [0.2, 0.25) is 0 Å². The Morgan fingerprint density at radius 1 is 0.857 bits per heavy atom. The van der Waals surface area contributed by atoms with E-state index in [4.69, 9.17) is 4.74 Å². The van der Waals surface area contributed by atoms with Crippen molar-refractivity contribution in [1.29, 1.82) is 0 Å². The zero-order chi connectivity index (χ0) is 19.3. The fraction of sp³-hybridized carbons (Fsp3) is 0.636. The van der Waals surface area contributed by atoms with Crippen LogP contribution >= 0.6 is 0 Å². The van der Waals surface area contributed by atoms with Gasteiger partial charge in [-0.15, -0.1) is 0 Å². The number of nitrogens with zero attached hydrogens (tertiary/aromatic N) is 3. The van der Waals surface area contributed by atoms with E-state index in [-0.39, 0.29) is 23.8 Å². The van der Waals surface area contributed by atoms with E-state index in [0.717, 1.165) is 38.8 Å². The molecule has 3 aliphatic heterocycles. The molecule has 0 spiro atoms. The number of carbonyl (C=O) groups is 2. The zero-order valence-electron chi connectivity index (χ0n) is 16.6. The Morgan fingerprint density at radius 3 is 2.25 bits per heavy atom. The second-order valence-corrected chi connectivity index (χ2v) is 8.15. The average Bonchev–Trinajstić information content (AvgIpc) is 3.22. The van der Waals surface area contributed by atoms with E-state index in [9.17, 15) is 9.59 Å². The van der Waals surface area contributed by atoms with Crippen LogP contribution in [0.1, 0.15) is 31.2 Å². The van der Waals surface area contributed by atoms with Crippen molar-refractivity contribution in [2.75, 3.05) is 45.9 Å². The van der Waals surface area contributed by atoms with Crippen LogP contribution in [0.3, 0.4) is 0 Å². The Hall–Kier alpha value is -1.92. The van der Waals surface area contributed by atoms with Crippen LogP contribution in [0.25, 0.3) is 0 Å². The van der Waals surface area contributed by atoms with Gasteiger partial charge in [0.1, 0.15) is 0 Å². The molecule has 3 saturated heterocycles. The standard InChI is InChI=1S/C22H31N3O3/c26-21(24-13-15-28-16-14-24)19-8-11-23(12-9-19)22(27)20-7-4-10-25(20)17-18-5-2-1-3-6-18/h1-3,5-6,19-20H,4,7-17H2. The van der Waals surface area contributed by atoms with Gasteiger partial charge < -0.3 is 14.5 Å². The maximum absolute atomic E-state index is 13.2. The number of ether oxygens (including phenoxy) is 1. The molecule has 152 valence electrons. The first-order chi connectivity index (χ1) is 13.7. The minimum atomic E-state index is -0.00768. The molecule has 1 unspecified atom stereocenters. The summed E-state index contributed by atoms with van der Waals surface area (Å²) in [6.45, 7) is 5.91. The van der Waals surface area contributed by atoms with Crippen LogP contribution in [-0.4, -0.2) is 78.5 Å².